The molecule has 2 heterocycles. The highest BCUT2D eigenvalue weighted by Crippen LogP contribution is 2.32. The van der Waals surface area contributed by atoms with Crippen molar-refractivity contribution in [2.45, 2.75) is 44.3 Å². The summed E-state index contributed by atoms with van der Waals surface area (Å²) in [5.41, 5.74) is 7.70. The Bertz CT molecular complexity index is 989. The van der Waals surface area contributed by atoms with Gasteiger partial charge in [0.2, 0.25) is 5.91 Å². The van der Waals surface area contributed by atoms with Crippen LogP contribution in [0.25, 0.3) is 16.5 Å². The Hall–Kier alpha value is -2.48. The molecule has 1 saturated heterocycles. The molecule has 7 nitrogen and oxygen atoms in total. The van der Waals surface area contributed by atoms with Crippen LogP contribution in [-0.2, 0) is 14.2 Å². The maximum absolute atomic E-state index is 12.0. The van der Waals surface area contributed by atoms with Gasteiger partial charge in [-0.1, -0.05) is 6.08 Å². The van der Waals surface area contributed by atoms with Crippen molar-refractivity contribution < 1.29 is 23.4 Å². The molecule has 1 aromatic heterocycles. The summed E-state index contributed by atoms with van der Waals surface area (Å²) in [5.74, 6) is -0.511. The van der Waals surface area contributed by atoms with E-state index in [0.29, 0.717) is 24.4 Å². The fraction of sp³-hybridized carbons (Fsp3) is 0.478. The minimum absolute atomic E-state index is 0.139. The number of hydrogen-bond donors (Lipinski definition) is 1. The molecule has 30 heavy (non-hydrogen) atoms. The lowest BCUT2D eigenvalue weighted by Crippen LogP contribution is -2.26. The van der Waals surface area contributed by atoms with Crippen molar-refractivity contribution in [3.05, 3.63) is 51.9 Å². The fourth-order valence-corrected chi connectivity index (χ4v) is 4.06. The van der Waals surface area contributed by atoms with E-state index in [2.05, 4.69) is 6.08 Å². The number of ether oxygens (including phenoxy) is 3. The second kappa shape index (κ2) is 9.55. The van der Waals surface area contributed by atoms with Crippen LogP contribution in [0.1, 0.15) is 48.0 Å². The first kappa shape index (κ1) is 20.8. The molecule has 0 spiro atoms. The molecule has 1 aliphatic carbocycles. The number of carbonyl (C=O) groups excluding carboxylic acids is 1. The lowest BCUT2D eigenvalue weighted by Gasteiger charge is -2.25. The van der Waals surface area contributed by atoms with E-state index in [4.69, 9.17) is 24.4 Å². The normalized spacial score (nSPS) is 20.3. The Morgan fingerprint density at radius 1 is 1.07 bits per heavy atom. The largest absolute Gasteiger partial charge is 0.423 e. The molecule has 1 aliphatic heterocycles. The molecule has 1 amide bonds. The number of allylic oxidation sites excluding steroid dienone is 1. The van der Waals surface area contributed by atoms with Crippen molar-refractivity contribution in [2.75, 3.05) is 26.4 Å². The van der Waals surface area contributed by atoms with Gasteiger partial charge in [0.1, 0.15) is 5.58 Å². The minimum Gasteiger partial charge on any atom is -0.423 e. The molecule has 2 aromatic rings. The van der Waals surface area contributed by atoms with E-state index < -0.39 is 11.5 Å². The predicted molar refractivity (Wildman–Crippen MR) is 112 cm³/mol. The van der Waals surface area contributed by atoms with Gasteiger partial charge in [-0.25, -0.2) is 4.79 Å². The summed E-state index contributed by atoms with van der Waals surface area (Å²) in [5, 5.41) is 0.723. The second-order valence-corrected chi connectivity index (χ2v) is 7.73. The second-order valence-electron chi connectivity index (χ2n) is 7.73. The van der Waals surface area contributed by atoms with Gasteiger partial charge >= 0.3 is 5.63 Å². The molecule has 4 rings (SSSR count). The van der Waals surface area contributed by atoms with E-state index in [1.54, 1.807) is 18.2 Å². The Kier molecular flexibility index (Phi) is 6.62. The number of primary amides is 1. The minimum atomic E-state index is -0.511. The zero-order valence-corrected chi connectivity index (χ0v) is 16.9. The van der Waals surface area contributed by atoms with E-state index in [1.165, 1.54) is 6.07 Å². The maximum Gasteiger partial charge on any atom is 0.336 e. The molecule has 0 bridgehead atoms. The summed E-state index contributed by atoms with van der Waals surface area (Å²) in [6, 6.07) is 6.36. The van der Waals surface area contributed by atoms with Crippen LogP contribution in [0.5, 0.6) is 0 Å². The van der Waals surface area contributed by atoms with Gasteiger partial charge in [-0.3, -0.25) is 4.79 Å². The zero-order chi connectivity index (χ0) is 20.9. The third-order valence-electron chi connectivity index (χ3n) is 5.69. The average molecular weight is 413 g/mol. The maximum atomic E-state index is 12.0. The Labute approximate surface area is 174 Å². The van der Waals surface area contributed by atoms with Crippen molar-refractivity contribution in [1.29, 1.82) is 0 Å². The van der Waals surface area contributed by atoms with E-state index in [9.17, 15) is 9.59 Å². The van der Waals surface area contributed by atoms with Crippen LogP contribution >= 0.6 is 0 Å². The van der Waals surface area contributed by atoms with Crippen molar-refractivity contribution in [3.63, 3.8) is 0 Å². The van der Waals surface area contributed by atoms with Gasteiger partial charge in [0.25, 0.3) is 0 Å². The fourth-order valence-electron chi connectivity index (χ4n) is 4.06. The Morgan fingerprint density at radius 2 is 1.83 bits per heavy atom. The first-order valence-electron chi connectivity index (χ1n) is 10.5. The number of amides is 1. The van der Waals surface area contributed by atoms with E-state index in [-0.39, 0.29) is 12.2 Å². The van der Waals surface area contributed by atoms with Crippen LogP contribution in [0.2, 0.25) is 0 Å². The standard InChI is InChI=1S/C23H27NO6/c24-23(26)16-3-6-21-20(13-16)19(14-22(25)30-21)15-1-4-17(5-2-15)28-11-12-29-18-7-9-27-10-8-18/h1,3,6,13-14,17-18H,2,4-5,7-12H2,(H2,24,26). The molecule has 1 atom stereocenters. The molecule has 7 heteroatoms. The number of carbonyl (C=O) groups is 1. The third-order valence-corrected chi connectivity index (χ3v) is 5.69. The van der Waals surface area contributed by atoms with Crippen LogP contribution in [0, 0.1) is 0 Å². The molecule has 2 aliphatic rings. The van der Waals surface area contributed by atoms with Gasteiger partial charge in [-0.2, -0.15) is 0 Å². The van der Waals surface area contributed by atoms with Gasteiger partial charge < -0.3 is 24.4 Å². The molecular formula is C23H27NO6. The number of benzene rings is 1. The summed E-state index contributed by atoms with van der Waals surface area (Å²) in [6.45, 7) is 2.72. The van der Waals surface area contributed by atoms with Gasteiger partial charge in [-0.05, 0) is 61.4 Å². The Morgan fingerprint density at radius 3 is 2.53 bits per heavy atom. The average Bonchev–Trinajstić information content (AvgIpc) is 2.77. The Balaban J connectivity index is 1.39. The van der Waals surface area contributed by atoms with Crippen LogP contribution in [0.4, 0.5) is 0 Å². The summed E-state index contributed by atoms with van der Waals surface area (Å²) >= 11 is 0. The van der Waals surface area contributed by atoms with E-state index in [1.807, 2.05) is 0 Å². The van der Waals surface area contributed by atoms with Gasteiger partial charge in [0, 0.05) is 30.2 Å². The van der Waals surface area contributed by atoms with E-state index in [0.717, 1.165) is 61.8 Å². The summed E-state index contributed by atoms with van der Waals surface area (Å²) < 4.78 is 22.4. The molecule has 1 fully saturated rings. The van der Waals surface area contributed by atoms with Gasteiger partial charge in [0.15, 0.2) is 0 Å². The number of nitrogens with two attached hydrogens (primary N) is 1. The molecule has 0 radical (unpaired) electrons. The highest BCUT2D eigenvalue weighted by molar-refractivity contribution is 5.99. The lowest BCUT2D eigenvalue weighted by molar-refractivity contribution is -0.0606. The zero-order valence-electron chi connectivity index (χ0n) is 16.9. The van der Waals surface area contributed by atoms with Crippen molar-refractivity contribution >= 4 is 22.4 Å². The number of fused-ring (bicyclic) bond motifs is 1. The summed E-state index contributed by atoms with van der Waals surface area (Å²) in [4.78, 5) is 23.6. The van der Waals surface area contributed by atoms with Crippen molar-refractivity contribution in [2.24, 2.45) is 5.73 Å². The van der Waals surface area contributed by atoms with Crippen LogP contribution in [0.15, 0.2) is 39.6 Å². The summed E-state index contributed by atoms with van der Waals surface area (Å²) in [7, 11) is 0. The number of rotatable bonds is 7. The topological polar surface area (TPSA) is 101 Å². The summed E-state index contributed by atoms with van der Waals surface area (Å²) in [6.07, 6.45) is 6.84. The van der Waals surface area contributed by atoms with E-state index >= 15 is 0 Å². The monoisotopic (exact) mass is 413 g/mol. The number of hydrogen-bond acceptors (Lipinski definition) is 6. The highest BCUT2D eigenvalue weighted by Gasteiger charge is 2.19. The molecule has 160 valence electrons. The lowest BCUT2D eigenvalue weighted by atomic mass is 9.90. The van der Waals surface area contributed by atoms with Crippen LogP contribution in [0.3, 0.4) is 0 Å². The van der Waals surface area contributed by atoms with Gasteiger partial charge in [0.05, 0.1) is 25.4 Å². The van der Waals surface area contributed by atoms with Gasteiger partial charge in [-0.15, -0.1) is 0 Å². The smallest absolute Gasteiger partial charge is 0.336 e. The molecular weight excluding hydrogens is 386 g/mol. The van der Waals surface area contributed by atoms with Crippen LogP contribution < -0.4 is 11.4 Å². The molecule has 1 aromatic carbocycles. The third kappa shape index (κ3) is 4.98. The first-order chi connectivity index (χ1) is 14.6. The van der Waals surface area contributed by atoms with Crippen LogP contribution in [-0.4, -0.2) is 44.5 Å². The molecule has 0 saturated carbocycles. The first-order valence-corrected chi connectivity index (χ1v) is 10.5. The SMILES string of the molecule is NC(=O)c1ccc2oc(=O)cc(C3=CCC(OCCOC4CCOCC4)CC3)c2c1. The predicted octanol–water partition coefficient (Wildman–Crippen LogP) is 3.04. The quantitative estimate of drug-likeness (QED) is 0.553. The van der Waals surface area contributed by atoms with Crippen molar-refractivity contribution in [1.82, 2.24) is 0 Å². The molecule has 2 N–H and O–H groups in total. The molecule has 1 unspecified atom stereocenters. The highest BCUT2D eigenvalue weighted by atomic mass is 16.5. The van der Waals surface area contributed by atoms with Crippen molar-refractivity contribution in [3.8, 4) is 0 Å².